The molecule has 2 saturated heterocycles. The Labute approximate surface area is 265 Å². The fourth-order valence-corrected chi connectivity index (χ4v) is 6.88. The van der Waals surface area contributed by atoms with Crippen molar-refractivity contribution in [3.05, 3.63) is 87.2 Å². The molecule has 6 rings (SSSR count). The molecule has 3 aromatic rings. The molecule has 0 radical (unpaired) electrons. The molecule has 3 amide bonds. The van der Waals surface area contributed by atoms with Crippen LogP contribution in [-0.2, 0) is 4.79 Å². The Kier molecular flexibility index (Phi) is 8.66. The number of aromatic amines is 1. The molecule has 0 aliphatic carbocycles. The fourth-order valence-electron chi connectivity index (χ4n) is 6.88. The summed E-state index contributed by atoms with van der Waals surface area (Å²) in [4.78, 5) is 50.3. The van der Waals surface area contributed by atoms with Gasteiger partial charge in [0, 0.05) is 60.4 Å². The van der Waals surface area contributed by atoms with Crippen LogP contribution in [0.4, 0.5) is 5.69 Å². The molecule has 3 N–H and O–H groups in total. The molecule has 9 nitrogen and oxygen atoms in total. The Morgan fingerprint density at radius 2 is 1.64 bits per heavy atom. The zero-order chi connectivity index (χ0) is 31.8. The van der Waals surface area contributed by atoms with Gasteiger partial charge in [-0.25, -0.2) is 0 Å². The summed E-state index contributed by atoms with van der Waals surface area (Å²) in [7, 11) is 2.18. The Bertz CT molecular complexity index is 1640. The van der Waals surface area contributed by atoms with E-state index in [2.05, 4.69) is 32.5 Å². The van der Waals surface area contributed by atoms with E-state index in [0.717, 1.165) is 67.3 Å². The lowest BCUT2D eigenvalue weighted by molar-refractivity contribution is -0.110. The van der Waals surface area contributed by atoms with E-state index in [4.69, 9.17) is 0 Å². The number of fused-ring (bicyclic) bond motifs is 1. The summed E-state index contributed by atoms with van der Waals surface area (Å²) in [5.41, 5.74) is 7.46. The Balaban J connectivity index is 1.17. The molecule has 0 bridgehead atoms. The van der Waals surface area contributed by atoms with Crippen LogP contribution in [0, 0.1) is 20.8 Å². The van der Waals surface area contributed by atoms with E-state index < -0.39 is 0 Å². The van der Waals surface area contributed by atoms with Gasteiger partial charge in [0.1, 0.15) is 0 Å². The number of H-pyrrole nitrogens is 1. The largest absolute Gasteiger partial charge is 0.358 e. The van der Waals surface area contributed by atoms with Crippen molar-refractivity contribution in [2.24, 2.45) is 0 Å². The molecule has 2 aromatic carbocycles. The van der Waals surface area contributed by atoms with Crippen molar-refractivity contribution in [2.45, 2.75) is 52.6 Å². The number of amides is 3. The first-order chi connectivity index (χ1) is 21.6. The van der Waals surface area contributed by atoms with Crippen molar-refractivity contribution in [2.75, 3.05) is 51.6 Å². The summed E-state index contributed by atoms with van der Waals surface area (Å²) in [6.45, 7) is 13.3. The molecule has 2 fully saturated rings. The smallest absolute Gasteiger partial charge is 0.256 e. The number of carbonyl (C=O) groups is 3. The second kappa shape index (κ2) is 12.7. The van der Waals surface area contributed by atoms with Crippen molar-refractivity contribution in [3.8, 4) is 0 Å². The van der Waals surface area contributed by atoms with Crippen LogP contribution in [0.5, 0.6) is 0 Å². The van der Waals surface area contributed by atoms with Crippen molar-refractivity contribution in [1.29, 1.82) is 0 Å². The number of aromatic nitrogens is 1. The highest BCUT2D eigenvalue weighted by Gasteiger charge is 2.31. The highest BCUT2D eigenvalue weighted by atomic mass is 16.2. The number of anilines is 1. The average Bonchev–Trinajstić information content (AvgIpc) is 3.50. The van der Waals surface area contributed by atoms with E-state index in [1.807, 2.05) is 56.9 Å². The van der Waals surface area contributed by atoms with Crippen molar-refractivity contribution >= 4 is 35.1 Å². The first-order valence-corrected chi connectivity index (χ1v) is 16.0. The van der Waals surface area contributed by atoms with Gasteiger partial charge in [0.25, 0.3) is 17.7 Å². The standard InChI is InChI=1S/C36H44N6O3/c1-22-6-8-26(9-7-22)24(3)38-34(43)27-10-11-31-29(20-27)30(35(44)39-31)21-32-23(2)33(25(4)37-32)36(45)42-18-16-41(17-19-42)28-12-14-40(5)15-13-28/h6-11,20-21,24,28,37H,12-19H2,1-5H3,(H,38,43)(H,39,44). The van der Waals surface area contributed by atoms with Gasteiger partial charge in [0.15, 0.2) is 0 Å². The third-order valence-electron chi connectivity index (χ3n) is 9.77. The normalized spacial score (nSPS) is 19.4. The van der Waals surface area contributed by atoms with Gasteiger partial charge < -0.3 is 25.4 Å². The van der Waals surface area contributed by atoms with E-state index in [-0.39, 0.29) is 23.8 Å². The fraction of sp³-hybridized carbons (Fsp3) is 0.417. The summed E-state index contributed by atoms with van der Waals surface area (Å²) in [6, 6.07) is 13.8. The lowest BCUT2D eigenvalue weighted by atomic mass is 10.0. The number of benzene rings is 2. The Hall–Kier alpha value is -4.21. The maximum atomic E-state index is 13.7. The number of hydrogen-bond donors (Lipinski definition) is 3. The molecule has 3 aliphatic heterocycles. The summed E-state index contributed by atoms with van der Waals surface area (Å²) in [5.74, 6) is -0.410. The number of piperidine rings is 1. The van der Waals surface area contributed by atoms with Crippen LogP contribution in [-0.4, -0.2) is 89.8 Å². The first kappa shape index (κ1) is 30.8. The molecule has 236 valence electrons. The van der Waals surface area contributed by atoms with Gasteiger partial charge in [-0.05, 0) is 96.1 Å². The Morgan fingerprint density at radius 1 is 0.956 bits per heavy atom. The Morgan fingerprint density at radius 3 is 2.33 bits per heavy atom. The third kappa shape index (κ3) is 6.32. The predicted octanol–water partition coefficient (Wildman–Crippen LogP) is 4.78. The van der Waals surface area contributed by atoms with Crippen molar-refractivity contribution < 1.29 is 14.4 Å². The molecule has 1 atom stereocenters. The number of nitrogens with zero attached hydrogens (tertiary/aromatic N) is 3. The highest BCUT2D eigenvalue weighted by molar-refractivity contribution is 6.35. The van der Waals surface area contributed by atoms with Crippen LogP contribution in [0.1, 0.15) is 80.2 Å². The molecule has 4 heterocycles. The van der Waals surface area contributed by atoms with E-state index in [0.29, 0.717) is 34.0 Å². The second-order valence-electron chi connectivity index (χ2n) is 12.9. The molecule has 3 aliphatic rings. The number of carbonyl (C=O) groups excluding carboxylic acids is 3. The van der Waals surface area contributed by atoms with Gasteiger partial charge in [-0.3, -0.25) is 19.3 Å². The topological polar surface area (TPSA) is 101 Å². The lowest BCUT2D eigenvalue weighted by Crippen LogP contribution is -2.54. The molecule has 0 saturated carbocycles. The lowest BCUT2D eigenvalue weighted by Gasteiger charge is -2.42. The number of aryl methyl sites for hydroxylation is 2. The van der Waals surface area contributed by atoms with Gasteiger partial charge in [0.2, 0.25) is 0 Å². The molecule has 45 heavy (non-hydrogen) atoms. The van der Waals surface area contributed by atoms with Crippen LogP contribution in [0.15, 0.2) is 42.5 Å². The predicted molar refractivity (Wildman–Crippen MR) is 178 cm³/mol. The minimum Gasteiger partial charge on any atom is -0.358 e. The number of nitrogens with one attached hydrogen (secondary N) is 3. The maximum Gasteiger partial charge on any atom is 0.256 e. The minimum atomic E-state index is -0.236. The van der Waals surface area contributed by atoms with Crippen LogP contribution in [0.2, 0.25) is 0 Å². The summed E-state index contributed by atoms with van der Waals surface area (Å²) >= 11 is 0. The maximum absolute atomic E-state index is 13.7. The number of hydrogen-bond acceptors (Lipinski definition) is 5. The molecular formula is C36H44N6O3. The zero-order valence-electron chi connectivity index (χ0n) is 27.0. The second-order valence-corrected chi connectivity index (χ2v) is 12.9. The minimum absolute atomic E-state index is 0.0341. The van der Waals surface area contributed by atoms with Crippen molar-refractivity contribution in [3.63, 3.8) is 0 Å². The van der Waals surface area contributed by atoms with Gasteiger partial charge in [-0.1, -0.05) is 29.8 Å². The van der Waals surface area contributed by atoms with Crippen LogP contribution < -0.4 is 10.6 Å². The molecule has 1 aromatic heterocycles. The van der Waals surface area contributed by atoms with E-state index in [1.54, 1.807) is 24.3 Å². The van der Waals surface area contributed by atoms with E-state index in [1.165, 1.54) is 12.8 Å². The number of likely N-dealkylation sites (tertiary alicyclic amines) is 1. The van der Waals surface area contributed by atoms with Gasteiger partial charge in [-0.2, -0.15) is 0 Å². The summed E-state index contributed by atoms with van der Waals surface area (Å²) in [6.07, 6.45) is 4.18. The zero-order valence-corrected chi connectivity index (χ0v) is 27.0. The van der Waals surface area contributed by atoms with Gasteiger partial charge in [-0.15, -0.1) is 0 Å². The number of piperazine rings is 1. The van der Waals surface area contributed by atoms with Crippen molar-refractivity contribution in [1.82, 2.24) is 25.0 Å². The molecule has 9 heteroatoms. The summed E-state index contributed by atoms with van der Waals surface area (Å²) in [5, 5.41) is 5.99. The monoisotopic (exact) mass is 608 g/mol. The molecule has 0 spiro atoms. The molecular weight excluding hydrogens is 564 g/mol. The SMILES string of the molecule is Cc1ccc(C(C)NC(=O)c2ccc3c(c2)C(=Cc2[nH]c(C)c(C(=O)N4CCN(C5CCN(C)CC5)CC4)c2C)C(=O)N3)cc1. The average molecular weight is 609 g/mol. The first-order valence-electron chi connectivity index (χ1n) is 16.0. The van der Waals surface area contributed by atoms with Crippen LogP contribution in [0.25, 0.3) is 11.6 Å². The quantitative estimate of drug-likeness (QED) is 0.350. The van der Waals surface area contributed by atoms with Crippen LogP contribution in [0.3, 0.4) is 0 Å². The molecule has 1 unspecified atom stereocenters. The van der Waals surface area contributed by atoms with E-state index >= 15 is 0 Å². The highest BCUT2D eigenvalue weighted by Crippen LogP contribution is 2.35. The van der Waals surface area contributed by atoms with E-state index in [9.17, 15) is 14.4 Å². The van der Waals surface area contributed by atoms with Gasteiger partial charge in [0.05, 0.1) is 17.2 Å². The van der Waals surface area contributed by atoms with Crippen LogP contribution >= 0.6 is 0 Å². The number of rotatable bonds is 6. The third-order valence-corrected chi connectivity index (χ3v) is 9.77. The summed E-state index contributed by atoms with van der Waals surface area (Å²) < 4.78 is 0. The van der Waals surface area contributed by atoms with Gasteiger partial charge >= 0.3 is 0 Å².